The first-order chi connectivity index (χ1) is 21.1. The number of hydrogen-bond donors (Lipinski definition) is 1. The molecule has 0 unspecified atom stereocenters. The van der Waals surface area contributed by atoms with Gasteiger partial charge in [-0.25, -0.2) is 9.79 Å². The Hall–Kier alpha value is -3.47. The van der Waals surface area contributed by atoms with Crippen molar-refractivity contribution in [3.63, 3.8) is 0 Å². The Balaban J connectivity index is 1.41. The molecule has 0 saturated carbocycles. The van der Waals surface area contributed by atoms with Gasteiger partial charge in [0.05, 0.1) is 49.4 Å². The van der Waals surface area contributed by atoms with Crippen molar-refractivity contribution < 1.29 is 24.2 Å². The van der Waals surface area contributed by atoms with E-state index in [0.29, 0.717) is 52.4 Å². The number of thioether (sulfide) groups is 1. The molecule has 0 atom stereocenters. The number of aromatic carboxylic acids is 1. The molecule has 0 aromatic heterocycles. The number of carbonyl (C=O) groups is 2. The zero-order chi connectivity index (χ0) is 31.4. The van der Waals surface area contributed by atoms with Crippen LogP contribution in [0.2, 0.25) is 15.1 Å². The molecule has 7 nitrogen and oxygen atoms in total. The van der Waals surface area contributed by atoms with Gasteiger partial charge < -0.3 is 14.6 Å². The Labute approximate surface area is 281 Å². The van der Waals surface area contributed by atoms with E-state index in [2.05, 4.69) is 15.9 Å². The van der Waals surface area contributed by atoms with Crippen LogP contribution in [0.4, 0.5) is 5.69 Å². The molecule has 0 aliphatic carbocycles. The molecule has 1 saturated heterocycles. The number of aliphatic imine (C=N–C) groups is 1. The number of carboxylic acid groups (broad SMARTS) is 1. The summed E-state index contributed by atoms with van der Waals surface area (Å²) in [6.07, 6.45) is 1.74. The molecule has 0 spiro atoms. The Morgan fingerprint density at radius 3 is 2.30 bits per heavy atom. The molecular weight excluding hydrogens is 711 g/mol. The van der Waals surface area contributed by atoms with Gasteiger partial charge >= 0.3 is 5.97 Å². The Bertz CT molecular complexity index is 1770. The topological polar surface area (TPSA) is 88.4 Å². The lowest BCUT2D eigenvalue weighted by Gasteiger charge is -2.16. The average Bonchev–Trinajstić information content (AvgIpc) is 3.27. The molecule has 1 N–H and O–H groups in total. The van der Waals surface area contributed by atoms with E-state index in [4.69, 9.17) is 49.3 Å². The van der Waals surface area contributed by atoms with Gasteiger partial charge in [0, 0.05) is 0 Å². The van der Waals surface area contributed by atoms with Gasteiger partial charge in [-0.3, -0.25) is 9.69 Å². The molecule has 12 heteroatoms. The fourth-order valence-corrected chi connectivity index (χ4v) is 6.48. The maximum absolute atomic E-state index is 13.7. The van der Waals surface area contributed by atoms with Crippen molar-refractivity contribution in [1.29, 1.82) is 0 Å². The van der Waals surface area contributed by atoms with Crippen molar-refractivity contribution in [2.75, 3.05) is 7.11 Å². The minimum absolute atomic E-state index is 0.162. The van der Waals surface area contributed by atoms with Crippen molar-refractivity contribution >= 4 is 91.3 Å². The van der Waals surface area contributed by atoms with E-state index >= 15 is 0 Å². The molecular formula is C32H22BrCl3N2O5S. The lowest BCUT2D eigenvalue weighted by molar-refractivity contribution is -0.122. The van der Waals surface area contributed by atoms with Crippen molar-refractivity contribution in [2.45, 2.75) is 13.2 Å². The van der Waals surface area contributed by atoms with Crippen LogP contribution >= 0.6 is 62.5 Å². The van der Waals surface area contributed by atoms with Crippen LogP contribution in [0.15, 0.2) is 93.2 Å². The summed E-state index contributed by atoms with van der Waals surface area (Å²) in [4.78, 5) is 31.7. The molecule has 4 aromatic carbocycles. The van der Waals surface area contributed by atoms with Crippen LogP contribution in [-0.4, -0.2) is 34.2 Å². The first-order valence-electron chi connectivity index (χ1n) is 12.9. The number of amidine groups is 1. The highest BCUT2D eigenvalue weighted by Gasteiger charge is 2.33. The lowest BCUT2D eigenvalue weighted by Crippen LogP contribution is -2.28. The van der Waals surface area contributed by atoms with Gasteiger partial charge in [0.25, 0.3) is 5.91 Å². The van der Waals surface area contributed by atoms with Gasteiger partial charge in [-0.2, -0.15) is 0 Å². The quantitative estimate of drug-likeness (QED) is 0.173. The smallest absolute Gasteiger partial charge is 0.335 e. The number of rotatable bonds is 9. The standard InChI is InChI=1S/C32H22BrCl3N2O5S/c1-42-23-9-7-22(8-10-23)37-32-38(16-18-2-5-21(6-3-18)31(40)41)30(39)28(44-32)15-20-12-24(33)29(27(36)14-20)43-17-19-4-11-25(34)26(35)13-19/h2-15H,16-17H2,1H3,(H,40,41)/b28-15-,37-32?. The highest BCUT2D eigenvalue weighted by molar-refractivity contribution is 9.10. The van der Waals surface area contributed by atoms with E-state index in [1.54, 1.807) is 72.7 Å². The maximum atomic E-state index is 13.7. The highest BCUT2D eigenvalue weighted by Crippen LogP contribution is 2.39. The van der Waals surface area contributed by atoms with Gasteiger partial charge in [-0.15, -0.1) is 0 Å². The van der Waals surface area contributed by atoms with Gasteiger partial charge in [0.1, 0.15) is 12.4 Å². The van der Waals surface area contributed by atoms with Crippen LogP contribution in [0.5, 0.6) is 11.5 Å². The largest absolute Gasteiger partial charge is 0.497 e. The van der Waals surface area contributed by atoms with E-state index < -0.39 is 5.97 Å². The van der Waals surface area contributed by atoms with Crippen LogP contribution in [0, 0.1) is 0 Å². The number of carboxylic acids is 1. The summed E-state index contributed by atoms with van der Waals surface area (Å²) in [6, 6.07) is 22.3. The van der Waals surface area contributed by atoms with E-state index in [-0.39, 0.29) is 24.6 Å². The number of ether oxygens (including phenoxy) is 2. The number of carbonyl (C=O) groups excluding carboxylic acids is 1. The van der Waals surface area contributed by atoms with E-state index in [9.17, 15) is 14.7 Å². The summed E-state index contributed by atoms with van der Waals surface area (Å²) >= 11 is 23.5. The molecule has 1 aliphatic rings. The number of nitrogens with zero attached hydrogens (tertiary/aromatic N) is 2. The number of benzene rings is 4. The van der Waals surface area contributed by atoms with Crippen LogP contribution in [0.3, 0.4) is 0 Å². The van der Waals surface area contributed by atoms with Crippen LogP contribution in [-0.2, 0) is 17.9 Å². The van der Waals surface area contributed by atoms with E-state index in [1.807, 2.05) is 12.1 Å². The third kappa shape index (κ3) is 7.60. The Morgan fingerprint density at radius 2 is 1.66 bits per heavy atom. The summed E-state index contributed by atoms with van der Waals surface area (Å²) in [5, 5.41) is 11.0. The van der Waals surface area contributed by atoms with Crippen LogP contribution in [0.25, 0.3) is 6.08 Å². The zero-order valence-electron chi connectivity index (χ0n) is 22.9. The molecule has 0 bridgehead atoms. The van der Waals surface area contributed by atoms with Crippen molar-refractivity contribution in [2.24, 2.45) is 4.99 Å². The predicted molar refractivity (Wildman–Crippen MR) is 180 cm³/mol. The molecule has 224 valence electrons. The van der Waals surface area contributed by atoms with Crippen molar-refractivity contribution in [1.82, 2.24) is 4.90 Å². The first-order valence-corrected chi connectivity index (χ1v) is 15.7. The van der Waals surface area contributed by atoms with Crippen molar-refractivity contribution in [3.05, 3.63) is 126 Å². The summed E-state index contributed by atoms with van der Waals surface area (Å²) in [7, 11) is 1.58. The monoisotopic (exact) mass is 730 g/mol. The van der Waals surface area contributed by atoms with E-state index in [0.717, 1.165) is 11.1 Å². The summed E-state index contributed by atoms with van der Waals surface area (Å²) in [6.45, 7) is 0.418. The second kappa shape index (κ2) is 14.1. The molecule has 1 amide bonds. The fourth-order valence-electron chi connectivity index (χ4n) is 4.17. The van der Waals surface area contributed by atoms with Crippen LogP contribution < -0.4 is 9.47 Å². The molecule has 4 aromatic rings. The van der Waals surface area contributed by atoms with Crippen LogP contribution in [0.1, 0.15) is 27.0 Å². The third-order valence-corrected chi connectivity index (χ3v) is 9.03. The lowest BCUT2D eigenvalue weighted by atomic mass is 10.1. The zero-order valence-corrected chi connectivity index (χ0v) is 27.6. The Kier molecular flexibility index (Phi) is 10.2. The number of methoxy groups -OCH3 is 1. The number of halogens is 4. The maximum Gasteiger partial charge on any atom is 0.335 e. The average molecular weight is 733 g/mol. The minimum atomic E-state index is -1.02. The molecule has 1 aliphatic heterocycles. The van der Waals surface area contributed by atoms with Gasteiger partial charge in [0.2, 0.25) is 0 Å². The Morgan fingerprint density at radius 1 is 0.955 bits per heavy atom. The summed E-state index contributed by atoms with van der Waals surface area (Å²) in [5.74, 6) is -0.144. The summed E-state index contributed by atoms with van der Waals surface area (Å²) in [5.41, 5.74) is 3.05. The number of hydrogen-bond acceptors (Lipinski definition) is 6. The first kappa shape index (κ1) is 31.9. The molecule has 1 heterocycles. The summed E-state index contributed by atoms with van der Waals surface area (Å²) < 4.78 is 11.8. The number of amides is 1. The second-order valence-corrected chi connectivity index (χ2v) is 12.5. The highest BCUT2D eigenvalue weighted by atomic mass is 79.9. The normalized spacial score (nSPS) is 14.8. The predicted octanol–water partition coefficient (Wildman–Crippen LogP) is 9.50. The van der Waals surface area contributed by atoms with Gasteiger partial charge in [0.15, 0.2) is 10.9 Å². The van der Waals surface area contributed by atoms with E-state index in [1.165, 1.54) is 23.9 Å². The van der Waals surface area contributed by atoms with Crippen molar-refractivity contribution in [3.8, 4) is 11.5 Å². The van der Waals surface area contributed by atoms with Gasteiger partial charge in [-0.05, 0) is 111 Å². The molecule has 5 rings (SSSR count). The second-order valence-electron chi connectivity index (χ2n) is 9.45. The molecule has 1 fully saturated rings. The minimum Gasteiger partial charge on any atom is -0.497 e. The third-order valence-electron chi connectivity index (χ3n) is 6.41. The fraction of sp³-hybridized carbons (Fsp3) is 0.0938. The SMILES string of the molecule is COc1ccc(N=C2S/C(=C\c3cc(Cl)c(OCc4ccc(Cl)c(Cl)c4)c(Br)c3)C(=O)N2Cc2ccc(C(=O)O)cc2)cc1. The van der Waals surface area contributed by atoms with Gasteiger partial charge in [-0.1, -0.05) is 53.0 Å². The molecule has 44 heavy (non-hydrogen) atoms. The molecule has 0 radical (unpaired) electrons.